The summed E-state index contributed by atoms with van der Waals surface area (Å²) < 4.78 is 5.44. The lowest BCUT2D eigenvalue weighted by molar-refractivity contribution is -0.117. The Bertz CT molecular complexity index is 1300. The second kappa shape index (κ2) is 9.76. The fourth-order valence-corrected chi connectivity index (χ4v) is 5.80. The Labute approximate surface area is 207 Å². The Balaban J connectivity index is 1.24. The van der Waals surface area contributed by atoms with Crippen molar-refractivity contribution in [1.29, 1.82) is 5.26 Å². The molecule has 1 aliphatic carbocycles. The Kier molecular flexibility index (Phi) is 6.38. The van der Waals surface area contributed by atoms with Crippen molar-refractivity contribution < 1.29 is 14.3 Å². The van der Waals surface area contributed by atoms with Crippen molar-refractivity contribution in [3.05, 3.63) is 75.9 Å². The smallest absolute Gasteiger partial charge is 0.318 e. The molecule has 0 radical (unpaired) electrons. The van der Waals surface area contributed by atoms with Gasteiger partial charge in [0.05, 0.1) is 19.2 Å². The van der Waals surface area contributed by atoms with E-state index in [1.54, 1.807) is 24.4 Å². The highest BCUT2D eigenvalue weighted by Crippen LogP contribution is 2.51. The van der Waals surface area contributed by atoms with Crippen LogP contribution in [0.4, 0.5) is 9.80 Å². The number of aromatic nitrogens is 1. The van der Waals surface area contributed by atoms with Crippen molar-refractivity contribution in [2.45, 2.75) is 31.8 Å². The maximum absolute atomic E-state index is 13.0. The summed E-state index contributed by atoms with van der Waals surface area (Å²) in [5, 5.41) is 16.3. The first kappa shape index (κ1) is 22.9. The number of amides is 3. The van der Waals surface area contributed by atoms with Crippen LogP contribution in [0, 0.1) is 17.2 Å². The number of nitrogens with zero attached hydrogens (tertiary/aromatic N) is 3. The summed E-state index contributed by atoms with van der Waals surface area (Å²) in [7, 11) is 1.63. The molecular weight excluding hydrogens is 462 g/mol. The van der Waals surface area contributed by atoms with Crippen LogP contribution in [0.3, 0.4) is 0 Å². The molecule has 2 atom stereocenters. The minimum atomic E-state index is -0.150. The Morgan fingerprint density at radius 2 is 2.06 bits per heavy atom. The Hall–Kier alpha value is -3.90. The van der Waals surface area contributed by atoms with E-state index in [-0.39, 0.29) is 23.8 Å². The van der Waals surface area contributed by atoms with Crippen LogP contribution in [0.25, 0.3) is 0 Å². The molecule has 1 saturated carbocycles. The minimum absolute atomic E-state index is 0.0806. The van der Waals surface area contributed by atoms with Crippen LogP contribution in [-0.4, -0.2) is 35.5 Å². The number of nitriles is 1. The van der Waals surface area contributed by atoms with Gasteiger partial charge in [-0.05, 0) is 53.6 Å². The summed E-state index contributed by atoms with van der Waals surface area (Å²) in [6, 6.07) is 13.6. The van der Waals surface area contributed by atoms with Gasteiger partial charge in [-0.1, -0.05) is 18.2 Å². The number of carbonyl (C=O) groups is 2. The van der Waals surface area contributed by atoms with Crippen LogP contribution in [0.1, 0.15) is 39.5 Å². The van der Waals surface area contributed by atoms with Gasteiger partial charge in [0, 0.05) is 36.3 Å². The summed E-state index contributed by atoms with van der Waals surface area (Å²) in [5.41, 5.74) is 3.47. The average molecular weight is 488 g/mol. The number of anilines is 1. The number of para-hydroxylation sites is 1. The number of fused-ring (bicyclic) bond motifs is 1. The highest BCUT2D eigenvalue weighted by molar-refractivity contribution is 7.16. The second-order valence-electron chi connectivity index (χ2n) is 8.69. The second-order valence-corrected chi connectivity index (χ2v) is 9.79. The molecule has 35 heavy (non-hydrogen) atoms. The molecule has 2 aromatic heterocycles. The summed E-state index contributed by atoms with van der Waals surface area (Å²) in [6.45, 7) is 1.36. The van der Waals surface area contributed by atoms with Gasteiger partial charge in [0.1, 0.15) is 16.8 Å². The van der Waals surface area contributed by atoms with Gasteiger partial charge in [-0.2, -0.15) is 5.26 Å². The van der Waals surface area contributed by atoms with Crippen LogP contribution < -0.4 is 15.4 Å². The van der Waals surface area contributed by atoms with Gasteiger partial charge in [-0.3, -0.25) is 9.78 Å². The van der Waals surface area contributed by atoms with E-state index in [1.807, 2.05) is 36.4 Å². The predicted molar refractivity (Wildman–Crippen MR) is 132 cm³/mol. The van der Waals surface area contributed by atoms with E-state index in [4.69, 9.17) is 4.74 Å². The number of methoxy groups -OCH3 is 1. The van der Waals surface area contributed by atoms with Gasteiger partial charge in [-0.15, -0.1) is 11.3 Å². The topological polar surface area (TPSA) is 107 Å². The number of hydrogen-bond acceptors (Lipinski definition) is 6. The lowest BCUT2D eigenvalue weighted by Crippen LogP contribution is -2.42. The SMILES string of the molecule is COc1ccccc1C1CC1C(=O)Nc1sc2c(c1C#N)CCN(C(=O)NCc1ccncc1)C2. The number of pyridine rings is 1. The number of hydrogen-bond donors (Lipinski definition) is 2. The monoisotopic (exact) mass is 487 g/mol. The molecule has 9 heteroatoms. The molecule has 1 aromatic carbocycles. The van der Waals surface area contributed by atoms with E-state index < -0.39 is 0 Å². The van der Waals surface area contributed by atoms with Crippen LogP contribution in [0.2, 0.25) is 0 Å². The Morgan fingerprint density at radius 3 is 2.83 bits per heavy atom. The van der Waals surface area contributed by atoms with E-state index in [9.17, 15) is 14.9 Å². The van der Waals surface area contributed by atoms with Crippen LogP contribution in [0.5, 0.6) is 5.75 Å². The number of rotatable bonds is 6. The third-order valence-electron chi connectivity index (χ3n) is 6.55. The van der Waals surface area contributed by atoms with Gasteiger partial charge < -0.3 is 20.3 Å². The quantitative estimate of drug-likeness (QED) is 0.546. The molecule has 1 aliphatic heterocycles. The van der Waals surface area contributed by atoms with Gasteiger partial charge in [0.2, 0.25) is 5.91 Å². The average Bonchev–Trinajstić information content (AvgIpc) is 3.62. The van der Waals surface area contributed by atoms with Crippen molar-refractivity contribution in [2.75, 3.05) is 19.0 Å². The lowest BCUT2D eigenvalue weighted by atomic mass is 10.0. The first-order valence-electron chi connectivity index (χ1n) is 11.5. The van der Waals surface area contributed by atoms with Crippen molar-refractivity contribution in [3.8, 4) is 11.8 Å². The van der Waals surface area contributed by atoms with E-state index in [0.29, 0.717) is 36.6 Å². The fraction of sp³-hybridized carbons (Fsp3) is 0.308. The van der Waals surface area contributed by atoms with Crippen molar-refractivity contribution in [2.24, 2.45) is 5.92 Å². The van der Waals surface area contributed by atoms with E-state index in [2.05, 4.69) is 21.7 Å². The zero-order chi connectivity index (χ0) is 24.4. The molecule has 8 nitrogen and oxygen atoms in total. The molecule has 2 unspecified atom stereocenters. The molecular formula is C26H25N5O3S. The molecule has 178 valence electrons. The number of thiophene rings is 1. The largest absolute Gasteiger partial charge is 0.496 e. The molecule has 3 heterocycles. The first-order chi connectivity index (χ1) is 17.1. The molecule has 0 spiro atoms. The molecule has 3 aromatic rings. The normalized spacial score (nSPS) is 18.2. The third-order valence-corrected chi connectivity index (χ3v) is 7.68. The van der Waals surface area contributed by atoms with Crippen LogP contribution in [0.15, 0.2) is 48.8 Å². The lowest BCUT2D eigenvalue weighted by Gasteiger charge is -2.27. The zero-order valence-corrected chi connectivity index (χ0v) is 20.1. The highest BCUT2D eigenvalue weighted by Gasteiger charge is 2.45. The summed E-state index contributed by atoms with van der Waals surface area (Å²) >= 11 is 1.39. The summed E-state index contributed by atoms with van der Waals surface area (Å²) in [6.07, 6.45) is 4.73. The van der Waals surface area contributed by atoms with E-state index in [1.165, 1.54) is 11.3 Å². The number of nitrogens with one attached hydrogen (secondary N) is 2. The first-order valence-corrected chi connectivity index (χ1v) is 12.3. The highest BCUT2D eigenvalue weighted by atomic mass is 32.1. The molecule has 1 fully saturated rings. The maximum Gasteiger partial charge on any atom is 0.318 e. The van der Waals surface area contributed by atoms with Gasteiger partial charge in [0.25, 0.3) is 0 Å². The standard InChI is InChI=1S/C26H25N5O3S/c1-34-22-5-3-2-4-17(22)19-12-20(19)24(32)30-25-21(13-27)18-8-11-31(15-23(18)35-25)26(33)29-14-16-6-9-28-10-7-16/h2-7,9-10,19-20H,8,11-12,14-15H2,1H3,(H,29,33)(H,30,32). The number of benzene rings is 1. The summed E-state index contributed by atoms with van der Waals surface area (Å²) in [4.78, 5) is 32.4. The zero-order valence-electron chi connectivity index (χ0n) is 19.3. The molecule has 0 bridgehead atoms. The molecule has 3 amide bonds. The molecule has 5 rings (SSSR count). The molecule has 2 aliphatic rings. The maximum atomic E-state index is 13.0. The van der Waals surface area contributed by atoms with Gasteiger partial charge >= 0.3 is 6.03 Å². The van der Waals surface area contributed by atoms with Gasteiger partial charge in [0.15, 0.2) is 0 Å². The van der Waals surface area contributed by atoms with Crippen molar-refractivity contribution in [1.82, 2.24) is 15.2 Å². The molecule has 0 saturated heterocycles. The number of ether oxygens (including phenoxy) is 1. The van der Waals surface area contributed by atoms with Crippen molar-refractivity contribution >= 4 is 28.3 Å². The van der Waals surface area contributed by atoms with Crippen LogP contribution >= 0.6 is 11.3 Å². The van der Waals surface area contributed by atoms with Gasteiger partial charge in [-0.25, -0.2) is 4.79 Å². The molecule has 2 N–H and O–H groups in total. The van der Waals surface area contributed by atoms with E-state index in [0.717, 1.165) is 33.7 Å². The number of carbonyl (C=O) groups excluding carboxylic acids is 2. The number of urea groups is 1. The Morgan fingerprint density at radius 1 is 1.26 bits per heavy atom. The summed E-state index contributed by atoms with van der Waals surface area (Å²) in [5.74, 6) is 0.681. The predicted octanol–water partition coefficient (Wildman–Crippen LogP) is 4.03. The minimum Gasteiger partial charge on any atom is -0.496 e. The van der Waals surface area contributed by atoms with Crippen LogP contribution in [-0.2, 0) is 24.3 Å². The fourth-order valence-electron chi connectivity index (χ4n) is 4.58. The van der Waals surface area contributed by atoms with E-state index >= 15 is 0 Å². The van der Waals surface area contributed by atoms with Crippen molar-refractivity contribution in [3.63, 3.8) is 0 Å². The third kappa shape index (κ3) is 4.70.